The Labute approximate surface area is 172 Å². The standard InChI is InChI=1S/C25H15N5/c1-2-7-17-16(6-1)12-13-27-23(17)25-24(29-19-9-3-4-10-20(19)30-25)18-8-5-11-21-22(18)28-15-14-26-21/h1-15H. The van der Waals surface area contributed by atoms with Crippen molar-refractivity contribution in [2.24, 2.45) is 0 Å². The Bertz CT molecular complexity index is 1430. The molecule has 0 aliphatic heterocycles. The van der Waals surface area contributed by atoms with Crippen molar-refractivity contribution in [1.82, 2.24) is 24.9 Å². The highest BCUT2D eigenvalue weighted by atomic mass is 14.9. The van der Waals surface area contributed by atoms with Crippen LogP contribution >= 0.6 is 0 Å². The molecule has 0 amide bonds. The van der Waals surface area contributed by atoms with E-state index < -0.39 is 0 Å². The summed E-state index contributed by atoms with van der Waals surface area (Å²) in [5.74, 6) is 0. The lowest BCUT2D eigenvalue weighted by Gasteiger charge is -2.13. The summed E-state index contributed by atoms with van der Waals surface area (Å²) >= 11 is 0. The Balaban J connectivity index is 1.76. The SMILES string of the molecule is c1ccc2c(-c3nc4ccccc4nc3-c3cccc4nccnc34)nccc2c1. The van der Waals surface area contributed by atoms with Crippen LogP contribution < -0.4 is 0 Å². The van der Waals surface area contributed by atoms with Gasteiger partial charge < -0.3 is 0 Å². The number of hydrogen-bond donors (Lipinski definition) is 0. The second-order valence-corrected chi connectivity index (χ2v) is 7.02. The number of nitrogens with zero attached hydrogens (tertiary/aromatic N) is 5. The van der Waals surface area contributed by atoms with Crippen molar-refractivity contribution in [3.63, 3.8) is 0 Å². The monoisotopic (exact) mass is 385 g/mol. The van der Waals surface area contributed by atoms with Crippen molar-refractivity contribution in [3.05, 3.63) is 91.4 Å². The minimum absolute atomic E-state index is 0.739. The van der Waals surface area contributed by atoms with Crippen LogP contribution in [0.1, 0.15) is 0 Å². The molecule has 0 saturated heterocycles. The smallest absolute Gasteiger partial charge is 0.116 e. The summed E-state index contributed by atoms with van der Waals surface area (Å²) in [5.41, 5.74) is 6.47. The molecule has 3 aromatic carbocycles. The Kier molecular flexibility index (Phi) is 3.71. The first-order valence-electron chi connectivity index (χ1n) is 9.69. The molecule has 0 spiro atoms. The summed E-state index contributed by atoms with van der Waals surface area (Å²) in [5, 5.41) is 2.15. The average Bonchev–Trinajstić information content (AvgIpc) is 2.82. The molecule has 3 heterocycles. The number of hydrogen-bond acceptors (Lipinski definition) is 5. The van der Waals surface area contributed by atoms with Gasteiger partial charge in [0.25, 0.3) is 0 Å². The quantitative estimate of drug-likeness (QED) is 0.396. The van der Waals surface area contributed by atoms with E-state index in [9.17, 15) is 0 Å². The fourth-order valence-electron chi connectivity index (χ4n) is 3.85. The largest absolute Gasteiger partial charge is 0.254 e. The summed E-state index contributed by atoms with van der Waals surface area (Å²) in [4.78, 5) is 23.8. The van der Waals surface area contributed by atoms with Crippen LogP contribution in [0.4, 0.5) is 0 Å². The van der Waals surface area contributed by atoms with Gasteiger partial charge in [0.2, 0.25) is 0 Å². The van der Waals surface area contributed by atoms with Crippen LogP contribution in [0.25, 0.3) is 55.5 Å². The maximum absolute atomic E-state index is 5.01. The highest BCUT2D eigenvalue weighted by Crippen LogP contribution is 2.35. The highest BCUT2D eigenvalue weighted by molar-refractivity contribution is 6.01. The molecular formula is C25H15N5. The second-order valence-electron chi connectivity index (χ2n) is 7.02. The lowest BCUT2D eigenvalue weighted by Crippen LogP contribution is -1.99. The van der Waals surface area contributed by atoms with Gasteiger partial charge in [0.15, 0.2) is 0 Å². The van der Waals surface area contributed by atoms with Gasteiger partial charge in [0.05, 0.1) is 27.8 Å². The number of rotatable bonds is 2. The van der Waals surface area contributed by atoms with Gasteiger partial charge in [-0.3, -0.25) is 15.0 Å². The van der Waals surface area contributed by atoms with Crippen LogP contribution in [0.2, 0.25) is 0 Å². The molecule has 6 rings (SSSR count). The number of aromatic nitrogens is 5. The van der Waals surface area contributed by atoms with Crippen molar-refractivity contribution in [2.75, 3.05) is 0 Å². The number of fused-ring (bicyclic) bond motifs is 3. The van der Waals surface area contributed by atoms with E-state index in [0.29, 0.717) is 0 Å². The molecule has 3 aromatic heterocycles. The molecule has 0 fully saturated rings. The molecule has 0 aliphatic carbocycles. The zero-order valence-corrected chi connectivity index (χ0v) is 15.9. The van der Waals surface area contributed by atoms with Crippen LogP contribution in [-0.2, 0) is 0 Å². The zero-order valence-electron chi connectivity index (χ0n) is 15.9. The first-order chi connectivity index (χ1) is 14.9. The fourth-order valence-corrected chi connectivity index (χ4v) is 3.85. The molecule has 0 radical (unpaired) electrons. The van der Waals surface area contributed by atoms with E-state index in [1.165, 1.54) is 0 Å². The number of pyridine rings is 1. The van der Waals surface area contributed by atoms with Crippen molar-refractivity contribution in [2.45, 2.75) is 0 Å². The second kappa shape index (κ2) is 6.67. The van der Waals surface area contributed by atoms with E-state index in [1.807, 2.05) is 66.9 Å². The molecule has 0 bridgehead atoms. The van der Waals surface area contributed by atoms with E-state index >= 15 is 0 Å². The molecule has 5 nitrogen and oxygen atoms in total. The number of benzene rings is 3. The Hall–Kier alpha value is -4.25. The molecular weight excluding hydrogens is 370 g/mol. The molecule has 140 valence electrons. The average molecular weight is 385 g/mol. The van der Waals surface area contributed by atoms with Crippen molar-refractivity contribution in [3.8, 4) is 22.6 Å². The zero-order chi connectivity index (χ0) is 19.9. The Morgan fingerprint density at radius 1 is 0.467 bits per heavy atom. The highest BCUT2D eigenvalue weighted by Gasteiger charge is 2.18. The van der Waals surface area contributed by atoms with E-state index in [2.05, 4.69) is 22.1 Å². The molecule has 0 unspecified atom stereocenters. The van der Waals surface area contributed by atoms with Crippen LogP contribution in [0, 0.1) is 0 Å². The third-order valence-corrected chi connectivity index (χ3v) is 5.22. The van der Waals surface area contributed by atoms with Gasteiger partial charge in [-0.1, -0.05) is 48.5 Å². The Morgan fingerprint density at radius 2 is 1.20 bits per heavy atom. The predicted molar refractivity (Wildman–Crippen MR) is 119 cm³/mol. The fraction of sp³-hybridized carbons (Fsp3) is 0. The maximum Gasteiger partial charge on any atom is 0.116 e. The first-order valence-corrected chi connectivity index (χ1v) is 9.69. The van der Waals surface area contributed by atoms with Gasteiger partial charge in [-0.25, -0.2) is 9.97 Å². The minimum atomic E-state index is 0.739. The van der Waals surface area contributed by atoms with Gasteiger partial charge >= 0.3 is 0 Å². The van der Waals surface area contributed by atoms with Gasteiger partial charge in [-0.05, 0) is 29.7 Å². The van der Waals surface area contributed by atoms with Crippen LogP contribution in [0.3, 0.4) is 0 Å². The Morgan fingerprint density at radius 3 is 2.10 bits per heavy atom. The molecule has 6 aromatic rings. The number of para-hydroxylation sites is 3. The molecule has 0 N–H and O–H groups in total. The normalized spacial score (nSPS) is 11.3. The summed E-state index contributed by atoms with van der Waals surface area (Å²) < 4.78 is 0. The molecule has 5 heteroatoms. The van der Waals surface area contributed by atoms with Crippen LogP contribution in [-0.4, -0.2) is 24.9 Å². The van der Waals surface area contributed by atoms with Gasteiger partial charge in [-0.15, -0.1) is 0 Å². The minimum Gasteiger partial charge on any atom is -0.254 e. The first kappa shape index (κ1) is 16.7. The van der Waals surface area contributed by atoms with Crippen LogP contribution in [0.5, 0.6) is 0 Å². The summed E-state index contributed by atoms with van der Waals surface area (Å²) in [7, 11) is 0. The van der Waals surface area contributed by atoms with Crippen molar-refractivity contribution >= 4 is 32.8 Å². The van der Waals surface area contributed by atoms with Crippen LogP contribution in [0.15, 0.2) is 91.4 Å². The lowest BCUT2D eigenvalue weighted by molar-refractivity contribution is 1.24. The summed E-state index contributed by atoms with van der Waals surface area (Å²) in [6, 6.07) is 24.1. The molecule has 30 heavy (non-hydrogen) atoms. The van der Waals surface area contributed by atoms with Crippen molar-refractivity contribution < 1.29 is 0 Å². The van der Waals surface area contributed by atoms with Gasteiger partial charge in [0, 0.05) is 29.5 Å². The third-order valence-electron chi connectivity index (χ3n) is 5.22. The molecule has 0 saturated carbocycles. The molecule has 0 aliphatic rings. The predicted octanol–water partition coefficient (Wildman–Crippen LogP) is 5.46. The van der Waals surface area contributed by atoms with E-state index in [0.717, 1.165) is 55.5 Å². The van der Waals surface area contributed by atoms with Crippen molar-refractivity contribution in [1.29, 1.82) is 0 Å². The molecule has 0 atom stereocenters. The maximum atomic E-state index is 5.01. The summed E-state index contributed by atoms with van der Waals surface area (Å²) in [6.07, 6.45) is 5.22. The third kappa shape index (κ3) is 2.60. The lowest BCUT2D eigenvalue weighted by atomic mass is 10.0. The van der Waals surface area contributed by atoms with Gasteiger partial charge in [0.1, 0.15) is 11.4 Å². The topological polar surface area (TPSA) is 64.5 Å². The summed E-state index contributed by atoms with van der Waals surface area (Å²) in [6.45, 7) is 0. The van der Waals surface area contributed by atoms with Gasteiger partial charge in [-0.2, -0.15) is 0 Å². The van der Waals surface area contributed by atoms with E-state index in [4.69, 9.17) is 15.0 Å². The van der Waals surface area contributed by atoms with E-state index in [-0.39, 0.29) is 0 Å². The van der Waals surface area contributed by atoms with E-state index in [1.54, 1.807) is 12.4 Å².